The Morgan fingerprint density at radius 2 is 1.68 bits per heavy atom. The van der Waals surface area contributed by atoms with Crippen molar-refractivity contribution in [3.8, 4) is 0 Å². The number of hydrogen-bond donors (Lipinski definition) is 2. The summed E-state index contributed by atoms with van der Waals surface area (Å²) in [6, 6.07) is 10.4. The summed E-state index contributed by atoms with van der Waals surface area (Å²) >= 11 is 0. The average Bonchev–Trinajstić information content (AvgIpc) is 2.62. The Kier molecular flexibility index (Phi) is 5.15. The lowest BCUT2D eigenvalue weighted by Crippen LogP contribution is -2.33. The summed E-state index contributed by atoms with van der Waals surface area (Å²) in [6.07, 6.45) is 4.04. The minimum absolute atomic E-state index is 0.169. The van der Waals surface area contributed by atoms with Crippen LogP contribution in [0.2, 0.25) is 0 Å². The Hall–Kier alpha value is -2.25. The molecule has 2 aromatic carbocycles. The maximum atomic E-state index is 12.8. The lowest BCUT2D eigenvalue weighted by Gasteiger charge is -2.16. The van der Waals surface area contributed by atoms with Gasteiger partial charge in [-0.2, -0.15) is 0 Å². The standard InChI is InChI=1S/C18H19FN2O3S/c19-15-6-8-16(9-7-15)21-18(22)12-20-25(23,24)17-10-5-13-3-1-2-4-14(13)11-17/h5-11,20H,1-4,12H2,(H,21,22). The number of amides is 1. The molecule has 5 nitrogen and oxygen atoms in total. The third kappa shape index (κ3) is 4.43. The maximum Gasteiger partial charge on any atom is 0.241 e. The third-order valence-corrected chi connectivity index (χ3v) is 5.58. The Labute approximate surface area is 146 Å². The van der Waals surface area contributed by atoms with Crippen molar-refractivity contribution in [1.29, 1.82) is 0 Å². The van der Waals surface area contributed by atoms with Crippen molar-refractivity contribution in [3.63, 3.8) is 0 Å². The van der Waals surface area contributed by atoms with Gasteiger partial charge in [-0.1, -0.05) is 6.07 Å². The Bertz CT molecular complexity index is 880. The molecule has 132 valence electrons. The summed E-state index contributed by atoms with van der Waals surface area (Å²) in [4.78, 5) is 12.0. The molecule has 2 aromatic rings. The number of sulfonamides is 1. The summed E-state index contributed by atoms with van der Waals surface area (Å²) in [5, 5.41) is 2.51. The zero-order chi connectivity index (χ0) is 17.9. The lowest BCUT2D eigenvalue weighted by molar-refractivity contribution is -0.115. The molecular formula is C18H19FN2O3S. The predicted octanol–water partition coefficient (Wildman–Crippen LogP) is 2.62. The van der Waals surface area contributed by atoms with Crippen molar-refractivity contribution in [3.05, 3.63) is 59.4 Å². The fourth-order valence-corrected chi connectivity index (χ4v) is 3.89. The van der Waals surface area contributed by atoms with Crippen molar-refractivity contribution >= 4 is 21.6 Å². The fourth-order valence-electron chi connectivity index (χ4n) is 2.86. The monoisotopic (exact) mass is 362 g/mol. The first-order valence-electron chi connectivity index (χ1n) is 8.11. The second-order valence-electron chi connectivity index (χ2n) is 6.02. The normalized spacial score (nSPS) is 14.0. The number of rotatable bonds is 5. The predicted molar refractivity (Wildman–Crippen MR) is 93.3 cm³/mol. The van der Waals surface area contributed by atoms with Crippen LogP contribution >= 0.6 is 0 Å². The van der Waals surface area contributed by atoms with Gasteiger partial charge in [0.05, 0.1) is 11.4 Å². The first-order valence-corrected chi connectivity index (χ1v) is 9.59. The van der Waals surface area contributed by atoms with Crippen molar-refractivity contribution < 1.29 is 17.6 Å². The number of carbonyl (C=O) groups is 1. The second kappa shape index (κ2) is 7.33. The largest absolute Gasteiger partial charge is 0.325 e. The maximum absolute atomic E-state index is 12.8. The zero-order valence-corrected chi connectivity index (χ0v) is 14.4. The van der Waals surface area contributed by atoms with Gasteiger partial charge < -0.3 is 5.32 Å². The number of aryl methyl sites for hydroxylation is 2. The van der Waals surface area contributed by atoms with E-state index in [2.05, 4.69) is 10.0 Å². The molecule has 0 radical (unpaired) electrons. The van der Waals surface area contributed by atoms with Crippen molar-refractivity contribution in [2.45, 2.75) is 30.6 Å². The van der Waals surface area contributed by atoms with Crippen LogP contribution in [0.4, 0.5) is 10.1 Å². The van der Waals surface area contributed by atoms with Crippen LogP contribution in [-0.4, -0.2) is 20.9 Å². The highest BCUT2D eigenvalue weighted by Gasteiger charge is 2.18. The number of halogens is 1. The van der Waals surface area contributed by atoms with Gasteiger partial charge in [-0.15, -0.1) is 0 Å². The van der Waals surface area contributed by atoms with Crippen LogP contribution in [-0.2, 0) is 27.7 Å². The summed E-state index contributed by atoms with van der Waals surface area (Å²) in [6.45, 7) is -0.392. The van der Waals surface area contributed by atoms with Crippen LogP contribution < -0.4 is 10.0 Å². The van der Waals surface area contributed by atoms with E-state index in [1.54, 1.807) is 12.1 Å². The highest BCUT2D eigenvalue weighted by Crippen LogP contribution is 2.24. The van der Waals surface area contributed by atoms with Gasteiger partial charge in [-0.3, -0.25) is 4.79 Å². The topological polar surface area (TPSA) is 75.3 Å². The molecule has 0 saturated heterocycles. The first kappa shape index (κ1) is 17.6. The minimum atomic E-state index is -3.76. The smallest absolute Gasteiger partial charge is 0.241 e. The van der Waals surface area contributed by atoms with Gasteiger partial charge in [0.2, 0.25) is 15.9 Å². The molecule has 0 bridgehead atoms. The Balaban J connectivity index is 1.63. The molecular weight excluding hydrogens is 343 g/mol. The van der Waals surface area contributed by atoms with Crippen molar-refractivity contribution in [2.24, 2.45) is 0 Å². The Morgan fingerprint density at radius 3 is 2.40 bits per heavy atom. The quantitative estimate of drug-likeness (QED) is 0.859. The molecule has 1 aliphatic carbocycles. The number of hydrogen-bond acceptors (Lipinski definition) is 3. The SMILES string of the molecule is O=C(CNS(=O)(=O)c1ccc2c(c1)CCCC2)Nc1ccc(F)cc1. The summed E-state index contributed by atoms with van der Waals surface area (Å²) < 4.78 is 39.9. The first-order chi connectivity index (χ1) is 11.9. The van der Waals surface area contributed by atoms with Gasteiger partial charge in [-0.25, -0.2) is 17.5 Å². The molecule has 2 N–H and O–H groups in total. The molecule has 0 heterocycles. The van der Waals surface area contributed by atoms with Gasteiger partial charge in [-0.05, 0) is 73.2 Å². The molecule has 25 heavy (non-hydrogen) atoms. The second-order valence-corrected chi connectivity index (χ2v) is 7.78. The summed E-state index contributed by atoms with van der Waals surface area (Å²) in [5.74, 6) is -0.931. The van der Waals surface area contributed by atoms with E-state index in [1.807, 2.05) is 6.07 Å². The van der Waals surface area contributed by atoms with Crippen LogP contribution in [0.5, 0.6) is 0 Å². The van der Waals surface area contributed by atoms with E-state index in [4.69, 9.17) is 0 Å². The molecule has 0 aromatic heterocycles. The molecule has 0 spiro atoms. The fraction of sp³-hybridized carbons (Fsp3) is 0.278. The van der Waals surface area contributed by atoms with Crippen molar-refractivity contribution in [1.82, 2.24) is 4.72 Å². The van der Waals surface area contributed by atoms with E-state index >= 15 is 0 Å². The summed E-state index contributed by atoms with van der Waals surface area (Å²) in [5.41, 5.74) is 2.66. The van der Waals surface area contributed by atoms with E-state index in [0.717, 1.165) is 31.2 Å². The molecule has 1 aliphatic rings. The van der Waals surface area contributed by atoms with Crippen molar-refractivity contribution in [2.75, 3.05) is 11.9 Å². The number of benzene rings is 2. The molecule has 0 aliphatic heterocycles. The zero-order valence-electron chi connectivity index (χ0n) is 13.6. The third-order valence-electron chi connectivity index (χ3n) is 4.18. The van der Waals surface area contributed by atoms with Crippen LogP contribution in [0.15, 0.2) is 47.4 Å². The summed E-state index contributed by atoms with van der Waals surface area (Å²) in [7, 11) is -3.76. The Morgan fingerprint density at radius 1 is 1.00 bits per heavy atom. The van der Waals surface area contributed by atoms with Gasteiger partial charge in [0.25, 0.3) is 0 Å². The molecule has 1 amide bonds. The number of nitrogens with one attached hydrogen (secondary N) is 2. The molecule has 3 rings (SSSR count). The van der Waals surface area contributed by atoms with Crippen LogP contribution in [0, 0.1) is 5.82 Å². The van der Waals surface area contributed by atoms with Gasteiger partial charge >= 0.3 is 0 Å². The van der Waals surface area contributed by atoms with Crippen LogP contribution in [0.3, 0.4) is 0 Å². The van der Waals surface area contributed by atoms with Gasteiger partial charge in [0, 0.05) is 5.69 Å². The van der Waals surface area contributed by atoms with Gasteiger partial charge in [0.15, 0.2) is 0 Å². The number of anilines is 1. The minimum Gasteiger partial charge on any atom is -0.325 e. The van der Waals surface area contributed by atoms with Crippen LogP contribution in [0.25, 0.3) is 0 Å². The highest BCUT2D eigenvalue weighted by atomic mass is 32.2. The lowest BCUT2D eigenvalue weighted by atomic mass is 9.92. The van der Waals surface area contributed by atoms with E-state index in [0.29, 0.717) is 5.69 Å². The van der Waals surface area contributed by atoms with E-state index < -0.39 is 28.3 Å². The average molecular weight is 362 g/mol. The molecule has 0 fully saturated rings. The van der Waals surface area contributed by atoms with E-state index in [1.165, 1.54) is 29.8 Å². The molecule has 0 atom stereocenters. The number of carbonyl (C=O) groups excluding carboxylic acids is 1. The molecule has 0 unspecified atom stereocenters. The van der Waals surface area contributed by atoms with Gasteiger partial charge in [0.1, 0.15) is 5.82 Å². The van der Waals surface area contributed by atoms with E-state index in [9.17, 15) is 17.6 Å². The number of fused-ring (bicyclic) bond motifs is 1. The van der Waals surface area contributed by atoms with Crippen LogP contribution in [0.1, 0.15) is 24.0 Å². The molecule has 7 heteroatoms. The molecule has 0 saturated carbocycles. The highest BCUT2D eigenvalue weighted by molar-refractivity contribution is 7.89. The van der Waals surface area contributed by atoms with E-state index in [-0.39, 0.29) is 4.90 Å².